The second-order valence-corrected chi connectivity index (χ2v) is 20.5. The van der Waals surface area contributed by atoms with Crippen molar-refractivity contribution in [1.29, 1.82) is 0 Å². The quantitative estimate of drug-likeness (QED) is 0.156. The molecule has 0 saturated heterocycles. The van der Waals surface area contributed by atoms with E-state index in [9.17, 15) is 0 Å². The minimum Gasteiger partial charge on any atom is -0.509 e. The van der Waals surface area contributed by atoms with Gasteiger partial charge in [0.2, 0.25) is 0 Å². The smallest absolute Gasteiger partial charge is 0.135 e. The molecule has 0 saturated carbocycles. The average molecular weight is 987 g/mol. The van der Waals surface area contributed by atoms with E-state index < -0.39 is 0 Å². The molecule has 1 aliphatic heterocycles. The van der Waals surface area contributed by atoms with Crippen LogP contribution in [0.15, 0.2) is 127 Å². The van der Waals surface area contributed by atoms with Crippen LogP contribution in [0.5, 0.6) is 11.5 Å². The molecule has 3 heterocycles. The first-order valence-electron chi connectivity index (χ1n) is 21.2. The average Bonchev–Trinajstić information content (AvgIpc) is 3.75. The molecule has 0 amide bonds. The molecule has 0 bridgehead atoms. The maximum absolute atomic E-state index is 6.88. The van der Waals surface area contributed by atoms with Gasteiger partial charge in [0.1, 0.15) is 5.82 Å². The molecule has 318 valence electrons. The van der Waals surface area contributed by atoms with E-state index in [2.05, 4.69) is 220 Å². The molecule has 6 heteroatoms. The van der Waals surface area contributed by atoms with Crippen molar-refractivity contribution in [3.05, 3.63) is 162 Å². The first-order valence-corrected chi connectivity index (χ1v) is 21.2. The third kappa shape index (κ3) is 8.69. The molecule has 8 rings (SSSR count). The Kier molecular flexibility index (Phi) is 11.5. The zero-order chi connectivity index (χ0) is 42.9. The topological polar surface area (TPSA) is 33.5 Å². The first-order chi connectivity index (χ1) is 28.2. The molecule has 5 aromatic carbocycles. The van der Waals surface area contributed by atoms with E-state index in [0.717, 1.165) is 50.0 Å². The molecule has 0 radical (unpaired) electrons. The van der Waals surface area contributed by atoms with Gasteiger partial charge in [-0.2, -0.15) is 6.07 Å². The Bertz CT molecular complexity index is 2740. The molecule has 0 unspecified atom stereocenters. The predicted octanol–water partition coefficient (Wildman–Crippen LogP) is 14.9. The van der Waals surface area contributed by atoms with E-state index in [-0.39, 0.29) is 42.7 Å². The van der Waals surface area contributed by atoms with Crippen LogP contribution in [-0.4, -0.2) is 9.55 Å². The van der Waals surface area contributed by atoms with E-state index in [1.807, 2.05) is 18.3 Å². The molecular formula is C55H59N4OPt-3. The maximum atomic E-state index is 6.88. The van der Waals surface area contributed by atoms with Crippen molar-refractivity contribution in [2.24, 2.45) is 10.8 Å². The van der Waals surface area contributed by atoms with Gasteiger partial charge in [-0.3, -0.25) is 0 Å². The number of allylic oxidation sites excluding steroid dienone is 2. The Labute approximate surface area is 378 Å². The van der Waals surface area contributed by atoms with Gasteiger partial charge in [-0.05, 0) is 75.7 Å². The monoisotopic (exact) mass is 986 g/mol. The van der Waals surface area contributed by atoms with E-state index in [4.69, 9.17) is 9.72 Å². The van der Waals surface area contributed by atoms with Gasteiger partial charge in [-0.25, -0.2) is 4.98 Å². The standard InChI is InChI=1S/C55H59N4O.Pt/c1-36-25-26-56-49(27-36)59-47-22-18-17-21-45(47)46-24-23-43(34-48(46)59)60-44-29-38(37-19-15-14-16-20-37)28-41(33-44)57-35-58(51(55(11,12)13)50(57)54(8,9)10)42-31-39(52(2,3)4)30-40(32-42)53(5,6)7;/h14-32,35H,1-13H3;/q-3;. The summed E-state index contributed by atoms with van der Waals surface area (Å²) in [7, 11) is 0. The molecule has 0 fully saturated rings. The van der Waals surface area contributed by atoms with Crippen LogP contribution in [0.2, 0.25) is 0 Å². The fourth-order valence-electron chi connectivity index (χ4n) is 8.33. The largest absolute Gasteiger partial charge is 0.509 e. The maximum Gasteiger partial charge on any atom is 0.135 e. The number of ether oxygens (including phenoxy) is 1. The number of hydrogen-bond donors (Lipinski definition) is 0. The fourth-order valence-corrected chi connectivity index (χ4v) is 8.33. The Hall–Kier alpha value is -5.12. The third-order valence-corrected chi connectivity index (χ3v) is 11.4. The van der Waals surface area contributed by atoms with Crippen LogP contribution in [0.25, 0.3) is 38.8 Å². The molecule has 0 atom stereocenters. The number of benzene rings is 5. The number of para-hydroxylation sites is 1. The fraction of sp³-hybridized carbons (Fsp3) is 0.309. The SMILES string of the molecule is Cc1ccnc(-n2c3[c-]c(Oc4[c-]c(N5[CH-]N(c6cc(C(C)(C)C)cc(C(C)(C)C)c6)C(C(C)(C)C)=C5C(C)(C)C)cc(-c5ccccc5)c4)ccc3c3ccccc32)c1.[Pt]. The van der Waals surface area contributed by atoms with Crippen LogP contribution < -0.4 is 14.5 Å². The number of hydrogen-bond acceptors (Lipinski definition) is 4. The van der Waals surface area contributed by atoms with Crippen molar-refractivity contribution in [2.75, 3.05) is 9.80 Å². The number of pyridine rings is 1. The summed E-state index contributed by atoms with van der Waals surface area (Å²) in [5, 5.41) is 2.24. The number of aryl methyl sites for hydroxylation is 1. The van der Waals surface area contributed by atoms with E-state index in [1.165, 1.54) is 28.2 Å². The van der Waals surface area contributed by atoms with Crippen LogP contribution >= 0.6 is 0 Å². The number of rotatable bonds is 6. The summed E-state index contributed by atoms with van der Waals surface area (Å²) in [6.45, 7) is 32.1. The van der Waals surface area contributed by atoms with Crippen LogP contribution in [-0.2, 0) is 31.9 Å². The Morgan fingerprint density at radius 2 is 1.18 bits per heavy atom. The van der Waals surface area contributed by atoms with Crippen molar-refractivity contribution in [3.63, 3.8) is 0 Å². The summed E-state index contributed by atoms with van der Waals surface area (Å²) >= 11 is 0. The summed E-state index contributed by atoms with van der Waals surface area (Å²) in [6.07, 6.45) is 1.86. The summed E-state index contributed by atoms with van der Waals surface area (Å²) in [5.41, 5.74) is 12.0. The molecule has 5 nitrogen and oxygen atoms in total. The number of anilines is 2. The minimum absolute atomic E-state index is 0. The van der Waals surface area contributed by atoms with Crippen LogP contribution in [0, 0.1) is 36.6 Å². The zero-order valence-corrected chi connectivity index (χ0v) is 40.3. The van der Waals surface area contributed by atoms with E-state index in [1.54, 1.807) is 0 Å². The second kappa shape index (κ2) is 16.0. The number of aromatic nitrogens is 2. The van der Waals surface area contributed by atoms with Crippen LogP contribution in [0.3, 0.4) is 0 Å². The van der Waals surface area contributed by atoms with Gasteiger partial charge < -0.3 is 19.1 Å². The van der Waals surface area contributed by atoms with Gasteiger partial charge in [0.15, 0.2) is 0 Å². The minimum atomic E-state index is -0.226. The van der Waals surface area contributed by atoms with Gasteiger partial charge in [-0.15, -0.1) is 53.6 Å². The summed E-state index contributed by atoms with van der Waals surface area (Å²) < 4.78 is 9.06. The molecule has 2 aromatic heterocycles. The van der Waals surface area contributed by atoms with Gasteiger partial charge in [-0.1, -0.05) is 143 Å². The molecule has 61 heavy (non-hydrogen) atoms. The van der Waals surface area contributed by atoms with Crippen molar-refractivity contribution in [2.45, 2.75) is 101 Å². The van der Waals surface area contributed by atoms with Crippen LogP contribution in [0.4, 0.5) is 11.4 Å². The van der Waals surface area contributed by atoms with E-state index in [0.29, 0.717) is 11.5 Å². The number of fused-ring (bicyclic) bond motifs is 3. The van der Waals surface area contributed by atoms with Crippen molar-refractivity contribution in [1.82, 2.24) is 9.55 Å². The summed E-state index contributed by atoms with van der Waals surface area (Å²) in [5.74, 6) is 2.07. The van der Waals surface area contributed by atoms with Crippen molar-refractivity contribution >= 4 is 33.2 Å². The predicted molar refractivity (Wildman–Crippen MR) is 252 cm³/mol. The number of nitrogens with zero attached hydrogens (tertiary/aromatic N) is 4. The van der Waals surface area contributed by atoms with Crippen molar-refractivity contribution < 1.29 is 25.8 Å². The van der Waals surface area contributed by atoms with Gasteiger partial charge in [0, 0.05) is 72.2 Å². The molecule has 0 spiro atoms. The Balaban J connectivity index is 0.00000561. The van der Waals surface area contributed by atoms with Crippen LogP contribution in [0.1, 0.15) is 99.8 Å². The first kappa shape index (κ1) is 44.0. The second-order valence-electron chi connectivity index (χ2n) is 20.5. The molecule has 0 aliphatic carbocycles. The van der Waals surface area contributed by atoms with Gasteiger partial charge in [0.25, 0.3) is 0 Å². The Morgan fingerprint density at radius 3 is 1.80 bits per heavy atom. The van der Waals surface area contributed by atoms with Gasteiger partial charge in [0.05, 0.1) is 0 Å². The normalized spacial score (nSPS) is 14.0. The summed E-state index contributed by atoms with van der Waals surface area (Å²) in [6, 6.07) is 46.2. The van der Waals surface area contributed by atoms with Gasteiger partial charge >= 0.3 is 0 Å². The Morgan fingerprint density at radius 1 is 0.557 bits per heavy atom. The molecule has 0 N–H and O–H groups in total. The molecule has 1 aliphatic rings. The van der Waals surface area contributed by atoms with E-state index >= 15 is 0 Å². The summed E-state index contributed by atoms with van der Waals surface area (Å²) in [4.78, 5) is 9.58. The molecular weight excluding hydrogens is 928 g/mol. The zero-order valence-electron chi connectivity index (χ0n) is 38.1. The third-order valence-electron chi connectivity index (χ3n) is 11.4. The molecule has 7 aromatic rings. The van der Waals surface area contributed by atoms with Crippen molar-refractivity contribution in [3.8, 4) is 28.4 Å².